The van der Waals surface area contributed by atoms with Crippen molar-refractivity contribution in [3.63, 3.8) is 0 Å². The number of likely N-dealkylation sites (tertiary alicyclic amines) is 1. The van der Waals surface area contributed by atoms with Crippen LogP contribution in [0.25, 0.3) is 0 Å². The third-order valence-electron chi connectivity index (χ3n) is 6.06. The van der Waals surface area contributed by atoms with Gasteiger partial charge in [0.1, 0.15) is 0 Å². The average Bonchev–Trinajstić information content (AvgIpc) is 3.16. The minimum Gasteiger partial charge on any atom is -0.371 e. The number of nitrogens with zero attached hydrogens (tertiary/aromatic N) is 3. The molecule has 1 aromatic heterocycles. The Hall–Kier alpha value is -1.54. The number of pyridine rings is 1. The number of hydroxylamine groups is 1. The summed E-state index contributed by atoms with van der Waals surface area (Å²) in [4.78, 5) is 21.1. The number of carbonyl (C=O) groups is 1. The first-order valence-corrected chi connectivity index (χ1v) is 9.04. The van der Waals surface area contributed by atoms with Crippen molar-refractivity contribution in [2.45, 2.75) is 50.4 Å². The van der Waals surface area contributed by atoms with E-state index in [1.165, 1.54) is 0 Å². The predicted octanol–water partition coefficient (Wildman–Crippen LogP) is 0.810. The van der Waals surface area contributed by atoms with Crippen molar-refractivity contribution in [3.05, 3.63) is 29.1 Å². The molecule has 4 heterocycles. The summed E-state index contributed by atoms with van der Waals surface area (Å²) in [6, 6.07) is 2.85. The number of ether oxygens (including phenoxy) is 1. The second kappa shape index (κ2) is 6.32. The van der Waals surface area contributed by atoms with Gasteiger partial charge in [0.2, 0.25) is 0 Å². The number of aromatic nitrogens is 1. The van der Waals surface area contributed by atoms with Crippen LogP contribution in [0.4, 0.5) is 0 Å². The number of hydrogen-bond acceptors (Lipinski definition) is 6. The molecule has 0 unspecified atom stereocenters. The van der Waals surface area contributed by atoms with Crippen LogP contribution in [0.3, 0.4) is 0 Å². The Morgan fingerprint density at radius 3 is 3.04 bits per heavy atom. The summed E-state index contributed by atoms with van der Waals surface area (Å²) in [5.41, 5.74) is 4.15. The van der Waals surface area contributed by atoms with Gasteiger partial charge >= 0.3 is 0 Å². The first-order chi connectivity index (χ1) is 12.0. The average molecular weight is 346 g/mol. The molecule has 2 N–H and O–H groups in total. The number of rotatable bonds is 4. The SMILES string of the molecule is CC[C@@H]1Cc2ncc(C(=O)NO)cc2CN1C[C@]12C[C@H](CO1)N(C)C2. The minimum absolute atomic E-state index is 0.0577. The molecule has 7 nitrogen and oxygen atoms in total. The van der Waals surface area contributed by atoms with Gasteiger partial charge in [-0.25, -0.2) is 5.48 Å². The number of morpholine rings is 1. The summed E-state index contributed by atoms with van der Waals surface area (Å²) in [6.45, 7) is 5.73. The molecule has 0 aromatic carbocycles. The summed E-state index contributed by atoms with van der Waals surface area (Å²) >= 11 is 0. The lowest BCUT2D eigenvalue weighted by Gasteiger charge is -2.41. The number of carbonyl (C=O) groups excluding carboxylic acids is 1. The van der Waals surface area contributed by atoms with Crippen molar-refractivity contribution in [2.75, 3.05) is 26.7 Å². The molecule has 2 bridgehead atoms. The van der Waals surface area contributed by atoms with Gasteiger partial charge in [-0.3, -0.25) is 24.8 Å². The summed E-state index contributed by atoms with van der Waals surface area (Å²) in [7, 11) is 2.18. The molecule has 0 saturated carbocycles. The largest absolute Gasteiger partial charge is 0.371 e. The number of amides is 1. The van der Waals surface area contributed by atoms with Crippen LogP contribution >= 0.6 is 0 Å². The maximum absolute atomic E-state index is 11.7. The summed E-state index contributed by atoms with van der Waals surface area (Å²) in [6.07, 6.45) is 4.61. The van der Waals surface area contributed by atoms with Crippen molar-refractivity contribution in [3.8, 4) is 0 Å². The lowest BCUT2D eigenvalue weighted by Crippen LogP contribution is -2.52. The normalized spacial score (nSPS) is 32.0. The lowest BCUT2D eigenvalue weighted by molar-refractivity contribution is -0.0661. The van der Waals surface area contributed by atoms with E-state index in [1.54, 1.807) is 11.7 Å². The lowest BCUT2D eigenvalue weighted by atomic mass is 9.93. The monoisotopic (exact) mass is 346 g/mol. The van der Waals surface area contributed by atoms with Gasteiger partial charge in [0.05, 0.1) is 17.8 Å². The van der Waals surface area contributed by atoms with Gasteiger partial charge in [-0.2, -0.15) is 0 Å². The molecule has 7 heteroatoms. The quantitative estimate of drug-likeness (QED) is 0.621. The Labute approximate surface area is 147 Å². The third kappa shape index (κ3) is 2.95. The van der Waals surface area contributed by atoms with Crippen molar-refractivity contribution >= 4 is 5.91 Å². The van der Waals surface area contributed by atoms with Crippen LogP contribution < -0.4 is 5.48 Å². The van der Waals surface area contributed by atoms with E-state index in [0.29, 0.717) is 17.6 Å². The zero-order chi connectivity index (χ0) is 17.6. The van der Waals surface area contributed by atoms with E-state index in [4.69, 9.17) is 9.94 Å². The summed E-state index contributed by atoms with van der Waals surface area (Å²) in [5.74, 6) is -0.516. The van der Waals surface area contributed by atoms with Gasteiger partial charge in [0.15, 0.2) is 0 Å². The van der Waals surface area contributed by atoms with Gasteiger partial charge in [0, 0.05) is 50.0 Å². The predicted molar refractivity (Wildman–Crippen MR) is 91.4 cm³/mol. The molecule has 1 aromatic rings. The first-order valence-electron chi connectivity index (χ1n) is 9.04. The first kappa shape index (κ1) is 16.9. The maximum Gasteiger partial charge on any atom is 0.276 e. The van der Waals surface area contributed by atoms with E-state index in [2.05, 4.69) is 28.8 Å². The number of hydrogen-bond donors (Lipinski definition) is 2. The molecule has 0 spiro atoms. The van der Waals surface area contributed by atoms with Gasteiger partial charge in [-0.15, -0.1) is 0 Å². The minimum atomic E-state index is -0.516. The smallest absolute Gasteiger partial charge is 0.276 e. The highest BCUT2D eigenvalue weighted by atomic mass is 16.5. The maximum atomic E-state index is 11.7. The third-order valence-corrected chi connectivity index (χ3v) is 6.06. The Bertz CT molecular complexity index is 678. The van der Waals surface area contributed by atoms with E-state index in [0.717, 1.165) is 56.8 Å². The molecule has 2 saturated heterocycles. The fourth-order valence-electron chi connectivity index (χ4n) is 4.66. The molecule has 3 atom stereocenters. The molecule has 3 aliphatic rings. The summed E-state index contributed by atoms with van der Waals surface area (Å²) in [5, 5.41) is 8.85. The van der Waals surface area contributed by atoms with Crippen molar-refractivity contribution < 1.29 is 14.7 Å². The molecule has 1 amide bonds. The molecule has 3 aliphatic heterocycles. The van der Waals surface area contributed by atoms with Crippen molar-refractivity contribution in [2.24, 2.45) is 0 Å². The van der Waals surface area contributed by atoms with Crippen LogP contribution in [-0.4, -0.2) is 70.3 Å². The van der Waals surface area contributed by atoms with Crippen LogP contribution in [0.15, 0.2) is 12.3 Å². The van der Waals surface area contributed by atoms with E-state index < -0.39 is 5.91 Å². The van der Waals surface area contributed by atoms with E-state index >= 15 is 0 Å². The van der Waals surface area contributed by atoms with Crippen LogP contribution in [0.1, 0.15) is 41.4 Å². The van der Waals surface area contributed by atoms with Crippen LogP contribution in [0, 0.1) is 0 Å². The topological polar surface area (TPSA) is 77.9 Å². The van der Waals surface area contributed by atoms with E-state index in [-0.39, 0.29) is 5.60 Å². The molecular formula is C18H26N4O3. The second-order valence-electron chi connectivity index (χ2n) is 7.71. The Balaban J connectivity index is 1.56. The van der Waals surface area contributed by atoms with Gasteiger partial charge in [0.25, 0.3) is 5.91 Å². The van der Waals surface area contributed by atoms with Gasteiger partial charge in [-0.05, 0) is 31.5 Å². The molecule has 4 rings (SSSR count). The highest BCUT2D eigenvalue weighted by Gasteiger charge is 2.51. The molecule has 0 radical (unpaired) electrons. The number of fused-ring (bicyclic) bond motifs is 3. The zero-order valence-corrected chi connectivity index (χ0v) is 14.9. The van der Waals surface area contributed by atoms with E-state index in [9.17, 15) is 4.79 Å². The van der Waals surface area contributed by atoms with Crippen molar-refractivity contribution in [1.29, 1.82) is 0 Å². The van der Waals surface area contributed by atoms with Crippen LogP contribution in [0.2, 0.25) is 0 Å². The number of likely N-dealkylation sites (N-methyl/N-ethyl adjacent to an activating group) is 1. The Morgan fingerprint density at radius 2 is 2.40 bits per heavy atom. The van der Waals surface area contributed by atoms with Crippen molar-refractivity contribution in [1.82, 2.24) is 20.3 Å². The van der Waals surface area contributed by atoms with Gasteiger partial charge < -0.3 is 4.74 Å². The van der Waals surface area contributed by atoms with Gasteiger partial charge in [-0.1, -0.05) is 6.92 Å². The molecule has 25 heavy (non-hydrogen) atoms. The van der Waals surface area contributed by atoms with Crippen LogP contribution in [-0.2, 0) is 17.7 Å². The highest BCUT2D eigenvalue weighted by molar-refractivity contribution is 5.93. The zero-order valence-electron chi connectivity index (χ0n) is 14.9. The molecule has 0 aliphatic carbocycles. The fraction of sp³-hybridized carbons (Fsp3) is 0.667. The second-order valence-corrected chi connectivity index (χ2v) is 7.71. The molecular weight excluding hydrogens is 320 g/mol. The van der Waals surface area contributed by atoms with E-state index in [1.807, 2.05) is 6.07 Å². The molecule has 2 fully saturated rings. The standard InChI is InChI=1S/C18H26N4O3/c1-3-14-5-16-13(4-12(7-19-16)17(23)20-24)8-22(14)11-18-6-15(9-25-18)21(2)10-18/h4,7,14-15,24H,3,5-6,8-11H2,1-2H3,(H,20,23)/t14-,15-,18-/m1/s1. The Morgan fingerprint density at radius 1 is 1.56 bits per heavy atom. The fourth-order valence-corrected chi connectivity index (χ4v) is 4.66. The highest BCUT2D eigenvalue weighted by Crippen LogP contribution is 2.38. The van der Waals surface area contributed by atoms with Crippen LogP contribution in [0.5, 0.6) is 0 Å². The number of nitrogens with one attached hydrogen (secondary N) is 1. The summed E-state index contributed by atoms with van der Waals surface area (Å²) < 4.78 is 6.18. The molecule has 136 valence electrons. The Kier molecular flexibility index (Phi) is 4.27.